The number of rotatable bonds is 16. The highest BCUT2D eigenvalue weighted by Crippen LogP contribution is 2.39. The molecule has 2 saturated carbocycles. The van der Waals surface area contributed by atoms with Gasteiger partial charge in [-0.1, -0.05) is 52.2 Å². The van der Waals surface area contributed by atoms with E-state index in [1.165, 1.54) is 6.07 Å². The average Bonchev–Trinajstić information content (AvgIpc) is 3.91. The Bertz CT molecular complexity index is 1890. The molecule has 3 aliphatic rings. The predicted octanol–water partition coefficient (Wildman–Crippen LogP) is 5.57. The molecule has 53 heavy (non-hydrogen) atoms. The second-order valence-corrected chi connectivity index (χ2v) is 22.1. The molecule has 0 saturated heterocycles. The Balaban J connectivity index is 1.25. The Hall–Kier alpha value is -4.04. The summed E-state index contributed by atoms with van der Waals surface area (Å²) in [6.07, 6.45) is 10.8. The number of unbranched alkanes of at least 4 members (excludes halogenated alkanes) is 1. The molecule has 2 N–H and O–H groups in total. The van der Waals surface area contributed by atoms with E-state index in [1.54, 1.807) is 17.3 Å². The molecule has 3 amide bonds. The molecular formula is C39H57N7O6Si. The second kappa shape index (κ2) is 16.1. The second-order valence-electron chi connectivity index (χ2n) is 16.5. The van der Waals surface area contributed by atoms with E-state index in [0.717, 1.165) is 56.7 Å². The maximum absolute atomic E-state index is 14.3. The van der Waals surface area contributed by atoms with Crippen molar-refractivity contribution in [3.05, 3.63) is 51.3 Å². The highest BCUT2D eigenvalue weighted by Gasteiger charge is 2.42. The van der Waals surface area contributed by atoms with Gasteiger partial charge in [0.1, 0.15) is 17.8 Å². The molecule has 3 aromatic rings. The third-order valence-electron chi connectivity index (χ3n) is 10.7. The molecule has 14 heteroatoms. The van der Waals surface area contributed by atoms with Crippen LogP contribution in [-0.2, 0) is 29.4 Å². The topological polar surface area (TPSA) is 150 Å². The number of nitrogens with one attached hydrogen (secondary N) is 2. The van der Waals surface area contributed by atoms with E-state index >= 15 is 0 Å². The first-order chi connectivity index (χ1) is 25.3. The van der Waals surface area contributed by atoms with Crippen molar-refractivity contribution in [3.63, 3.8) is 0 Å². The van der Waals surface area contributed by atoms with E-state index in [1.807, 2.05) is 29.9 Å². The number of fused-ring (bicyclic) bond motifs is 2. The van der Waals surface area contributed by atoms with Crippen molar-refractivity contribution < 1.29 is 23.9 Å². The number of aromatic nitrogens is 4. The first kappa shape index (κ1) is 38.7. The molecule has 2 aliphatic carbocycles. The van der Waals surface area contributed by atoms with E-state index in [-0.39, 0.29) is 53.9 Å². The van der Waals surface area contributed by atoms with Crippen LogP contribution < -0.4 is 20.8 Å². The lowest BCUT2D eigenvalue weighted by molar-refractivity contribution is -0.128. The van der Waals surface area contributed by atoms with Gasteiger partial charge in [0.15, 0.2) is 17.1 Å². The largest absolute Gasteiger partial charge is 0.487 e. The minimum absolute atomic E-state index is 0.0210. The van der Waals surface area contributed by atoms with Crippen molar-refractivity contribution in [1.82, 2.24) is 34.6 Å². The predicted molar refractivity (Wildman–Crippen MR) is 206 cm³/mol. The Morgan fingerprint density at radius 1 is 1.08 bits per heavy atom. The van der Waals surface area contributed by atoms with Gasteiger partial charge < -0.3 is 34.1 Å². The fourth-order valence-electron chi connectivity index (χ4n) is 7.32. The zero-order valence-corrected chi connectivity index (χ0v) is 33.4. The zero-order chi connectivity index (χ0) is 37.9. The summed E-state index contributed by atoms with van der Waals surface area (Å²) in [5.74, 6) is -0.531. The van der Waals surface area contributed by atoms with Crippen LogP contribution in [0.3, 0.4) is 0 Å². The van der Waals surface area contributed by atoms with Gasteiger partial charge in [-0.3, -0.25) is 19.2 Å². The van der Waals surface area contributed by atoms with Gasteiger partial charge in [0, 0.05) is 57.7 Å². The summed E-state index contributed by atoms with van der Waals surface area (Å²) in [6.45, 7) is 15.0. The molecule has 13 nitrogen and oxygen atoms in total. The summed E-state index contributed by atoms with van der Waals surface area (Å²) in [5.41, 5.74) is 1.55. The number of ether oxygens (including phenoxy) is 2. The number of pyridine rings is 1. The monoisotopic (exact) mass is 747 g/mol. The maximum atomic E-state index is 14.3. The van der Waals surface area contributed by atoms with E-state index in [0.29, 0.717) is 67.5 Å². The SMILES string of the molecule is CCCCOc1c2n(c(CNC(=O)C3(NC(=O)c4cn(COCC[Si](C)(C)C)c5ncc(C6CC6)nc45)CCCCC3)cc1=O)CCN(C(C)C)C2=O. The van der Waals surface area contributed by atoms with Gasteiger partial charge in [-0.2, -0.15) is 0 Å². The first-order valence-corrected chi connectivity index (χ1v) is 23.3. The molecule has 0 radical (unpaired) electrons. The van der Waals surface area contributed by atoms with Crippen LogP contribution in [-0.4, -0.2) is 81.1 Å². The van der Waals surface area contributed by atoms with Crippen molar-refractivity contribution in [2.45, 2.75) is 142 Å². The van der Waals surface area contributed by atoms with Crippen LogP contribution in [0, 0.1) is 0 Å². The Kier molecular flexibility index (Phi) is 11.8. The number of amides is 3. The highest BCUT2D eigenvalue weighted by molar-refractivity contribution is 6.76. The number of carbonyl (C=O) groups excluding carboxylic acids is 3. The summed E-state index contributed by atoms with van der Waals surface area (Å²) in [5, 5.41) is 6.22. The Morgan fingerprint density at radius 2 is 1.83 bits per heavy atom. The molecule has 1 aliphatic heterocycles. The molecule has 0 aromatic carbocycles. The fraction of sp³-hybridized carbons (Fsp3) is 0.641. The van der Waals surface area contributed by atoms with Crippen LogP contribution in [0.15, 0.2) is 23.3 Å². The number of hydrogen-bond donors (Lipinski definition) is 2. The standard InChI is InChI=1S/C39H57N7O6Si/c1-7-8-18-52-34-31(47)21-28(46-17-16-45(26(2)3)37(49)33(34)46)22-41-38(50)39(14-10-9-11-15-39)43-36(48)29-24-44(25-51-19-20-53(4,5)6)35-32(29)42-30(23-40-35)27-12-13-27/h21,23-24,26-27H,7-20,22,25H2,1-6H3,(H,41,50)(H,43,48). The van der Waals surface area contributed by atoms with Gasteiger partial charge in [-0.15, -0.1) is 0 Å². The van der Waals surface area contributed by atoms with Crippen molar-refractivity contribution >= 4 is 37.0 Å². The van der Waals surface area contributed by atoms with Crippen LogP contribution in [0.5, 0.6) is 5.75 Å². The molecule has 3 aromatic heterocycles. The quantitative estimate of drug-likeness (QED) is 0.143. The molecule has 2 fully saturated rings. The number of carbonyl (C=O) groups is 3. The van der Waals surface area contributed by atoms with E-state index in [9.17, 15) is 19.2 Å². The fourth-order valence-corrected chi connectivity index (χ4v) is 8.08. The van der Waals surface area contributed by atoms with Gasteiger partial charge in [-0.25, -0.2) is 9.97 Å². The molecule has 4 heterocycles. The van der Waals surface area contributed by atoms with Crippen molar-refractivity contribution in [1.29, 1.82) is 0 Å². The van der Waals surface area contributed by atoms with Gasteiger partial charge in [0.2, 0.25) is 11.3 Å². The zero-order valence-electron chi connectivity index (χ0n) is 32.4. The van der Waals surface area contributed by atoms with E-state index in [2.05, 4.69) is 30.3 Å². The van der Waals surface area contributed by atoms with Crippen LogP contribution in [0.2, 0.25) is 25.7 Å². The van der Waals surface area contributed by atoms with Crippen molar-refractivity contribution in [3.8, 4) is 5.75 Å². The van der Waals surface area contributed by atoms with Gasteiger partial charge in [0.05, 0.1) is 30.6 Å². The summed E-state index contributed by atoms with van der Waals surface area (Å²) >= 11 is 0. The maximum Gasteiger partial charge on any atom is 0.274 e. The lowest BCUT2D eigenvalue weighted by atomic mass is 9.80. The Labute approximate surface area is 313 Å². The Morgan fingerprint density at radius 3 is 2.51 bits per heavy atom. The summed E-state index contributed by atoms with van der Waals surface area (Å²) in [7, 11) is -1.28. The summed E-state index contributed by atoms with van der Waals surface area (Å²) in [4.78, 5) is 67.1. The molecule has 0 spiro atoms. The lowest BCUT2D eigenvalue weighted by Gasteiger charge is -2.37. The lowest BCUT2D eigenvalue weighted by Crippen LogP contribution is -2.59. The smallest absolute Gasteiger partial charge is 0.274 e. The third kappa shape index (κ3) is 8.69. The molecule has 6 rings (SSSR count). The highest BCUT2D eigenvalue weighted by atomic mass is 28.3. The molecule has 0 bridgehead atoms. The first-order valence-electron chi connectivity index (χ1n) is 19.6. The van der Waals surface area contributed by atoms with Crippen molar-refractivity contribution in [2.24, 2.45) is 0 Å². The van der Waals surface area contributed by atoms with E-state index < -0.39 is 13.6 Å². The molecule has 0 atom stereocenters. The van der Waals surface area contributed by atoms with Crippen LogP contribution in [0.25, 0.3) is 11.2 Å². The minimum atomic E-state index is -1.28. The minimum Gasteiger partial charge on any atom is -0.487 e. The van der Waals surface area contributed by atoms with E-state index in [4.69, 9.17) is 19.4 Å². The van der Waals surface area contributed by atoms with Gasteiger partial charge >= 0.3 is 0 Å². The summed E-state index contributed by atoms with van der Waals surface area (Å²) < 4.78 is 15.6. The molecule has 0 unspecified atom stereocenters. The molecular weight excluding hydrogens is 691 g/mol. The van der Waals surface area contributed by atoms with Gasteiger partial charge in [-0.05, 0) is 52.0 Å². The molecule has 288 valence electrons. The van der Waals surface area contributed by atoms with Crippen LogP contribution >= 0.6 is 0 Å². The third-order valence-corrected chi connectivity index (χ3v) is 12.4. The van der Waals surface area contributed by atoms with Crippen LogP contribution in [0.4, 0.5) is 0 Å². The number of hydrogen-bond acceptors (Lipinski definition) is 8. The number of nitrogens with zero attached hydrogens (tertiary/aromatic N) is 5. The average molecular weight is 748 g/mol. The summed E-state index contributed by atoms with van der Waals surface area (Å²) in [6, 6.07) is 2.44. The van der Waals surface area contributed by atoms with Gasteiger partial charge in [0.25, 0.3) is 11.8 Å². The normalized spacial score (nSPS) is 17.3. The van der Waals surface area contributed by atoms with Crippen molar-refractivity contribution in [2.75, 3.05) is 19.8 Å². The van der Waals surface area contributed by atoms with Crippen LogP contribution in [0.1, 0.15) is 117 Å².